The lowest BCUT2D eigenvalue weighted by Crippen LogP contribution is -2.35. The number of hydrogen-bond acceptors (Lipinski definition) is 5. The number of rotatable bonds is 9. The fraction of sp³-hybridized carbons (Fsp3) is 0.300. The SMILES string of the molecule is CCC(=O)Nc1cccc(C(=O)Nc2ccc(S(=O)(=O)NC(C)COC)cc2)c1. The van der Waals surface area contributed by atoms with Crippen LogP contribution >= 0.6 is 0 Å². The molecule has 1 atom stereocenters. The van der Waals surface area contributed by atoms with E-state index in [1.54, 1.807) is 38.1 Å². The predicted molar refractivity (Wildman–Crippen MR) is 111 cm³/mol. The number of benzene rings is 2. The molecule has 1 unspecified atom stereocenters. The van der Waals surface area contributed by atoms with Crippen molar-refractivity contribution in [2.45, 2.75) is 31.2 Å². The van der Waals surface area contributed by atoms with Crippen molar-refractivity contribution >= 4 is 33.2 Å². The molecule has 0 saturated carbocycles. The first-order valence-electron chi connectivity index (χ1n) is 9.07. The largest absolute Gasteiger partial charge is 0.383 e. The highest BCUT2D eigenvalue weighted by atomic mass is 32.2. The molecule has 29 heavy (non-hydrogen) atoms. The van der Waals surface area contributed by atoms with Gasteiger partial charge >= 0.3 is 0 Å². The molecule has 9 heteroatoms. The first kappa shape index (κ1) is 22.5. The molecule has 2 aromatic carbocycles. The van der Waals surface area contributed by atoms with Crippen LogP contribution in [-0.2, 0) is 19.6 Å². The van der Waals surface area contributed by atoms with Gasteiger partial charge in [0.05, 0.1) is 11.5 Å². The molecule has 0 aliphatic carbocycles. The maximum atomic E-state index is 12.5. The summed E-state index contributed by atoms with van der Waals surface area (Å²) in [6.45, 7) is 3.70. The number of hydrogen-bond donors (Lipinski definition) is 3. The zero-order chi connectivity index (χ0) is 21.4. The molecule has 2 amide bonds. The molecule has 156 valence electrons. The number of sulfonamides is 1. The summed E-state index contributed by atoms with van der Waals surface area (Å²) in [5.74, 6) is -0.521. The number of carbonyl (C=O) groups is 2. The molecule has 2 aromatic rings. The van der Waals surface area contributed by atoms with Crippen LogP contribution in [0.3, 0.4) is 0 Å². The van der Waals surface area contributed by atoms with Crippen molar-refractivity contribution in [2.24, 2.45) is 0 Å². The Labute approximate surface area is 170 Å². The Morgan fingerprint density at radius 1 is 1.03 bits per heavy atom. The molecule has 0 aromatic heterocycles. The van der Waals surface area contributed by atoms with Crippen molar-refractivity contribution in [3.05, 3.63) is 54.1 Å². The smallest absolute Gasteiger partial charge is 0.255 e. The van der Waals surface area contributed by atoms with E-state index in [2.05, 4.69) is 15.4 Å². The van der Waals surface area contributed by atoms with E-state index in [0.717, 1.165) is 0 Å². The highest BCUT2D eigenvalue weighted by molar-refractivity contribution is 7.89. The van der Waals surface area contributed by atoms with E-state index >= 15 is 0 Å². The van der Waals surface area contributed by atoms with E-state index in [9.17, 15) is 18.0 Å². The average Bonchev–Trinajstić information content (AvgIpc) is 2.68. The maximum absolute atomic E-state index is 12.5. The lowest BCUT2D eigenvalue weighted by atomic mass is 10.1. The number of carbonyl (C=O) groups excluding carboxylic acids is 2. The van der Waals surface area contributed by atoms with Gasteiger partial charge in [0, 0.05) is 36.5 Å². The summed E-state index contributed by atoms with van der Waals surface area (Å²) in [5.41, 5.74) is 1.34. The van der Waals surface area contributed by atoms with Gasteiger partial charge in [0.25, 0.3) is 5.91 Å². The second-order valence-corrected chi connectivity index (χ2v) is 8.15. The molecular formula is C20H25N3O5S. The lowest BCUT2D eigenvalue weighted by molar-refractivity contribution is -0.115. The van der Waals surface area contributed by atoms with Crippen LogP contribution in [-0.4, -0.2) is 40.0 Å². The zero-order valence-electron chi connectivity index (χ0n) is 16.6. The topological polar surface area (TPSA) is 114 Å². The van der Waals surface area contributed by atoms with Crippen LogP contribution in [0.2, 0.25) is 0 Å². The standard InChI is InChI=1S/C20H25N3O5S/c1-4-19(24)21-17-7-5-6-15(12-17)20(25)22-16-8-10-18(11-9-16)29(26,27)23-14(2)13-28-3/h5-12,14,23H,4,13H2,1-3H3,(H,21,24)(H,22,25). The summed E-state index contributed by atoms with van der Waals surface area (Å²) in [6, 6.07) is 12.0. The Morgan fingerprint density at radius 3 is 2.34 bits per heavy atom. The van der Waals surface area contributed by atoms with Crippen molar-refractivity contribution in [2.75, 3.05) is 24.4 Å². The second-order valence-electron chi connectivity index (χ2n) is 6.44. The van der Waals surface area contributed by atoms with Crippen molar-refractivity contribution in [3.63, 3.8) is 0 Å². The number of nitrogens with one attached hydrogen (secondary N) is 3. The summed E-state index contributed by atoms with van der Waals surface area (Å²) < 4.78 is 32.1. The Kier molecular flexibility index (Phi) is 7.89. The summed E-state index contributed by atoms with van der Waals surface area (Å²) in [7, 11) is -2.19. The third-order valence-electron chi connectivity index (χ3n) is 3.93. The molecule has 0 radical (unpaired) electrons. The third-order valence-corrected chi connectivity index (χ3v) is 5.53. The Balaban J connectivity index is 2.07. The van der Waals surface area contributed by atoms with E-state index < -0.39 is 10.0 Å². The number of amides is 2. The molecule has 0 fully saturated rings. The second kappa shape index (κ2) is 10.1. The van der Waals surface area contributed by atoms with E-state index in [4.69, 9.17) is 4.74 Å². The monoisotopic (exact) mass is 419 g/mol. The molecule has 0 saturated heterocycles. The molecule has 0 aliphatic heterocycles. The lowest BCUT2D eigenvalue weighted by Gasteiger charge is -2.13. The Bertz CT molecular complexity index is 958. The zero-order valence-corrected chi connectivity index (χ0v) is 17.4. The van der Waals surface area contributed by atoms with E-state index in [1.165, 1.54) is 31.4 Å². The molecular weight excluding hydrogens is 394 g/mol. The van der Waals surface area contributed by atoms with E-state index in [1.807, 2.05) is 0 Å². The van der Waals surface area contributed by atoms with Gasteiger partial charge in [0.15, 0.2) is 0 Å². The van der Waals surface area contributed by atoms with Gasteiger partial charge in [-0.1, -0.05) is 13.0 Å². The van der Waals surface area contributed by atoms with Crippen LogP contribution in [0.5, 0.6) is 0 Å². The first-order valence-corrected chi connectivity index (χ1v) is 10.6. The summed E-state index contributed by atoms with van der Waals surface area (Å²) in [6.07, 6.45) is 0.338. The number of anilines is 2. The first-order chi connectivity index (χ1) is 13.7. The highest BCUT2D eigenvalue weighted by Gasteiger charge is 2.17. The van der Waals surface area contributed by atoms with Gasteiger partial charge in [-0.2, -0.15) is 0 Å². The Hall–Kier alpha value is -2.75. The quantitative estimate of drug-likeness (QED) is 0.578. The van der Waals surface area contributed by atoms with E-state index in [0.29, 0.717) is 23.4 Å². The maximum Gasteiger partial charge on any atom is 0.255 e. The summed E-state index contributed by atoms with van der Waals surface area (Å²) in [4.78, 5) is 24.0. The minimum absolute atomic E-state index is 0.0859. The number of ether oxygens (including phenoxy) is 1. The van der Waals surface area contributed by atoms with Crippen molar-refractivity contribution < 1.29 is 22.7 Å². The van der Waals surface area contributed by atoms with Crippen LogP contribution in [0, 0.1) is 0 Å². The van der Waals surface area contributed by atoms with Gasteiger partial charge in [0.1, 0.15) is 0 Å². The fourth-order valence-corrected chi connectivity index (χ4v) is 3.75. The van der Waals surface area contributed by atoms with Gasteiger partial charge in [-0.3, -0.25) is 9.59 Å². The van der Waals surface area contributed by atoms with Crippen molar-refractivity contribution in [3.8, 4) is 0 Å². The summed E-state index contributed by atoms with van der Waals surface area (Å²) in [5, 5.41) is 5.40. The summed E-state index contributed by atoms with van der Waals surface area (Å²) >= 11 is 0. The van der Waals surface area contributed by atoms with Crippen LogP contribution in [0.15, 0.2) is 53.4 Å². The number of methoxy groups -OCH3 is 1. The van der Waals surface area contributed by atoms with Gasteiger partial charge in [0.2, 0.25) is 15.9 Å². The highest BCUT2D eigenvalue weighted by Crippen LogP contribution is 2.17. The molecule has 0 bridgehead atoms. The molecule has 3 N–H and O–H groups in total. The fourth-order valence-electron chi connectivity index (χ4n) is 2.53. The molecule has 0 heterocycles. The Morgan fingerprint density at radius 2 is 1.72 bits per heavy atom. The average molecular weight is 420 g/mol. The van der Waals surface area contributed by atoms with Crippen molar-refractivity contribution in [1.29, 1.82) is 0 Å². The minimum Gasteiger partial charge on any atom is -0.383 e. The van der Waals surface area contributed by atoms with Crippen LogP contribution in [0.25, 0.3) is 0 Å². The van der Waals surface area contributed by atoms with Gasteiger partial charge in [-0.15, -0.1) is 0 Å². The van der Waals surface area contributed by atoms with Gasteiger partial charge < -0.3 is 15.4 Å². The minimum atomic E-state index is -3.68. The predicted octanol–water partition coefficient (Wildman–Crippen LogP) is 2.60. The molecule has 2 rings (SSSR count). The van der Waals surface area contributed by atoms with Crippen LogP contribution < -0.4 is 15.4 Å². The molecule has 0 aliphatic rings. The van der Waals surface area contributed by atoms with E-state index in [-0.39, 0.29) is 29.4 Å². The van der Waals surface area contributed by atoms with Crippen LogP contribution in [0.1, 0.15) is 30.6 Å². The van der Waals surface area contributed by atoms with Crippen molar-refractivity contribution in [1.82, 2.24) is 4.72 Å². The van der Waals surface area contributed by atoms with Crippen LogP contribution in [0.4, 0.5) is 11.4 Å². The molecule has 0 spiro atoms. The van der Waals surface area contributed by atoms with Gasteiger partial charge in [-0.25, -0.2) is 13.1 Å². The molecule has 8 nitrogen and oxygen atoms in total. The normalized spacial score (nSPS) is 12.2. The third kappa shape index (κ3) is 6.67. The van der Waals surface area contributed by atoms with Gasteiger partial charge in [-0.05, 0) is 49.4 Å².